The van der Waals surface area contributed by atoms with E-state index in [-0.39, 0.29) is 0 Å². The van der Waals surface area contributed by atoms with Crippen LogP contribution in [0.1, 0.15) is 44.2 Å². The lowest BCUT2D eigenvalue weighted by atomic mass is 9.89. The number of rotatable bonds is 5. The van der Waals surface area contributed by atoms with Gasteiger partial charge in [0.25, 0.3) is 0 Å². The molecule has 3 rings (SSSR count). The monoisotopic (exact) mass is 263 g/mol. The molecule has 2 heteroatoms. The number of benzene rings is 1. The highest BCUT2D eigenvalue weighted by molar-refractivity contribution is 6.30. The van der Waals surface area contributed by atoms with E-state index in [4.69, 9.17) is 11.6 Å². The molecule has 0 spiro atoms. The van der Waals surface area contributed by atoms with Crippen LogP contribution >= 0.6 is 11.6 Å². The molecule has 2 aliphatic rings. The van der Waals surface area contributed by atoms with Crippen LogP contribution in [0.3, 0.4) is 0 Å². The zero-order valence-electron chi connectivity index (χ0n) is 11.0. The Morgan fingerprint density at radius 1 is 1.17 bits per heavy atom. The van der Waals surface area contributed by atoms with Crippen molar-refractivity contribution in [3.8, 4) is 0 Å². The SMILES string of the molecule is CCCNC(c1ccc(Cl)cc1)C1CC2CC2C1. The van der Waals surface area contributed by atoms with Gasteiger partial charge in [0.2, 0.25) is 0 Å². The summed E-state index contributed by atoms with van der Waals surface area (Å²) in [7, 11) is 0. The average Bonchev–Trinajstić information content (AvgIpc) is 2.99. The topological polar surface area (TPSA) is 12.0 Å². The first-order valence-corrected chi connectivity index (χ1v) is 7.64. The van der Waals surface area contributed by atoms with Crippen LogP contribution in [-0.2, 0) is 0 Å². The summed E-state index contributed by atoms with van der Waals surface area (Å²) in [6.45, 7) is 3.34. The van der Waals surface area contributed by atoms with Gasteiger partial charge >= 0.3 is 0 Å². The van der Waals surface area contributed by atoms with E-state index in [2.05, 4.69) is 24.4 Å². The van der Waals surface area contributed by atoms with E-state index in [1.54, 1.807) is 0 Å². The number of hydrogen-bond acceptors (Lipinski definition) is 1. The maximum Gasteiger partial charge on any atom is 0.0406 e. The molecule has 1 N–H and O–H groups in total. The van der Waals surface area contributed by atoms with Gasteiger partial charge in [0.1, 0.15) is 0 Å². The molecule has 1 nitrogen and oxygen atoms in total. The zero-order chi connectivity index (χ0) is 12.5. The van der Waals surface area contributed by atoms with Crippen LogP contribution < -0.4 is 5.32 Å². The molecule has 0 aromatic heterocycles. The standard InChI is InChI=1S/C16H22ClN/c1-2-7-18-16(11-3-5-15(17)6-4-11)14-9-12-8-13(12)10-14/h3-6,12-14,16,18H,2,7-10H2,1H3. The van der Waals surface area contributed by atoms with Gasteiger partial charge in [-0.1, -0.05) is 30.7 Å². The van der Waals surface area contributed by atoms with Crippen molar-refractivity contribution in [2.45, 2.75) is 38.6 Å². The second kappa shape index (κ2) is 5.22. The summed E-state index contributed by atoms with van der Waals surface area (Å²) >= 11 is 5.99. The summed E-state index contributed by atoms with van der Waals surface area (Å²) in [6, 6.07) is 8.97. The fourth-order valence-corrected chi connectivity index (χ4v) is 3.69. The third kappa shape index (κ3) is 2.57. The van der Waals surface area contributed by atoms with Gasteiger partial charge in [0.15, 0.2) is 0 Å². The van der Waals surface area contributed by atoms with Crippen LogP contribution in [-0.4, -0.2) is 6.54 Å². The molecule has 3 unspecified atom stereocenters. The van der Waals surface area contributed by atoms with Crippen LogP contribution in [0.4, 0.5) is 0 Å². The van der Waals surface area contributed by atoms with E-state index in [0.717, 1.165) is 29.3 Å². The van der Waals surface area contributed by atoms with Gasteiger partial charge in [-0.25, -0.2) is 0 Å². The lowest BCUT2D eigenvalue weighted by molar-refractivity contribution is 0.342. The van der Waals surface area contributed by atoms with Gasteiger partial charge in [0.05, 0.1) is 0 Å². The Hall–Kier alpha value is -0.530. The molecule has 0 radical (unpaired) electrons. The van der Waals surface area contributed by atoms with Crippen LogP contribution in [0.2, 0.25) is 5.02 Å². The normalized spacial score (nSPS) is 31.1. The van der Waals surface area contributed by atoms with E-state index < -0.39 is 0 Å². The third-order valence-electron chi connectivity index (χ3n) is 4.59. The third-order valence-corrected chi connectivity index (χ3v) is 4.85. The molecular weight excluding hydrogens is 242 g/mol. The van der Waals surface area contributed by atoms with Gasteiger partial charge in [-0.05, 0) is 67.7 Å². The number of fused-ring (bicyclic) bond motifs is 1. The van der Waals surface area contributed by atoms with Gasteiger partial charge in [-0.15, -0.1) is 0 Å². The smallest absolute Gasteiger partial charge is 0.0406 e. The van der Waals surface area contributed by atoms with E-state index >= 15 is 0 Å². The molecule has 18 heavy (non-hydrogen) atoms. The second-order valence-electron chi connectivity index (χ2n) is 5.97. The predicted octanol–water partition coefficient (Wildman–Crippen LogP) is 4.43. The molecule has 2 aliphatic carbocycles. The maximum absolute atomic E-state index is 5.99. The molecule has 2 fully saturated rings. The second-order valence-corrected chi connectivity index (χ2v) is 6.41. The molecule has 1 aromatic rings. The van der Waals surface area contributed by atoms with Crippen molar-refractivity contribution in [2.24, 2.45) is 17.8 Å². The molecule has 98 valence electrons. The molecule has 1 aromatic carbocycles. The number of nitrogens with one attached hydrogen (secondary N) is 1. The summed E-state index contributed by atoms with van der Waals surface area (Å²) in [5.74, 6) is 2.93. The Morgan fingerprint density at radius 2 is 1.83 bits per heavy atom. The number of halogens is 1. The largest absolute Gasteiger partial charge is 0.310 e. The quantitative estimate of drug-likeness (QED) is 0.829. The van der Waals surface area contributed by atoms with Crippen molar-refractivity contribution in [2.75, 3.05) is 6.54 Å². The van der Waals surface area contributed by atoms with Gasteiger partial charge in [0, 0.05) is 11.1 Å². The van der Waals surface area contributed by atoms with Crippen LogP contribution in [0.25, 0.3) is 0 Å². The Labute approximate surface area is 115 Å². The highest BCUT2D eigenvalue weighted by Gasteiger charge is 2.47. The molecule has 3 atom stereocenters. The fraction of sp³-hybridized carbons (Fsp3) is 0.625. The first-order valence-electron chi connectivity index (χ1n) is 7.26. The Bertz CT molecular complexity index is 390. The average molecular weight is 264 g/mol. The predicted molar refractivity (Wildman–Crippen MR) is 76.8 cm³/mol. The fourth-order valence-electron chi connectivity index (χ4n) is 3.56. The summed E-state index contributed by atoms with van der Waals surface area (Å²) < 4.78 is 0. The van der Waals surface area contributed by atoms with E-state index in [1.807, 2.05) is 12.1 Å². The van der Waals surface area contributed by atoms with Crippen molar-refractivity contribution in [1.29, 1.82) is 0 Å². The molecule has 0 amide bonds. The van der Waals surface area contributed by atoms with Crippen LogP contribution in [0.5, 0.6) is 0 Å². The minimum Gasteiger partial charge on any atom is -0.310 e. The van der Waals surface area contributed by atoms with E-state index in [9.17, 15) is 0 Å². The van der Waals surface area contributed by atoms with Gasteiger partial charge in [-0.2, -0.15) is 0 Å². The van der Waals surface area contributed by atoms with Gasteiger partial charge in [-0.3, -0.25) is 0 Å². The maximum atomic E-state index is 5.99. The number of hydrogen-bond donors (Lipinski definition) is 1. The Balaban J connectivity index is 1.73. The summed E-state index contributed by atoms with van der Waals surface area (Å²) in [6.07, 6.45) is 5.55. The molecular formula is C16H22ClN. The zero-order valence-corrected chi connectivity index (χ0v) is 11.8. The molecule has 0 heterocycles. The Morgan fingerprint density at radius 3 is 2.44 bits per heavy atom. The van der Waals surface area contributed by atoms with E-state index in [0.29, 0.717) is 6.04 Å². The first-order chi connectivity index (χ1) is 8.78. The highest BCUT2D eigenvalue weighted by Crippen LogP contribution is 2.57. The van der Waals surface area contributed by atoms with Crippen LogP contribution in [0, 0.1) is 17.8 Å². The van der Waals surface area contributed by atoms with Crippen LogP contribution in [0.15, 0.2) is 24.3 Å². The summed E-state index contributed by atoms with van der Waals surface area (Å²) in [4.78, 5) is 0. The molecule has 2 saturated carbocycles. The summed E-state index contributed by atoms with van der Waals surface area (Å²) in [5.41, 5.74) is 1.42. The minimum absolute atomic E-state index is 0.537. The lowest BCUT2D eigenvalue weighted by Crippen LogP contribution is -2.28. The van der Waals surface area contributed by atoms with Crippen molar-refractivity contribution in [3.63, 3.8) is 0 Å². The molecule has 0 aliphatic heterocycles. The molecule has 0 bridgehead atoms. The van der Waals surface area contributed by atoms with Crippen molar-refractivity contribution in [1.82, 2.24) is 5.32 Å². The van der Waals surface area contributed by atoms with Crippen molar-refractivity contribution >= 4 is 11.6 Å². The minimum atomic E-state index is 0.537. The lowest BCUT2D eigenvalue weighted by Gasteiger charge is -2.26. The van der Waals surface area contributed by atoms with Crippen molar-refractivity contribution in [3.05, 3.63) is 34.9 Å². The molecule has 0 saturated heterocycles. The van der Waals surface area contributed by atoms with Gasteiger partial charge < -0.3 is 5.32 Å². The van der Waals surface area contributed by atoms with Crippen molar-refractivity contribution < 1.29 is 0 Å². The summed E-state index contributed by atoms with van der Waals surface area (Å²) in [5, 5.41) is 4.58. The first kappa shape index (κ1) is 12.5. The van der Waals surface area contributed by atoms with E-state index in [1.165, 1.54) is 31.2 Å². The Kier molecular flexibility index (Phi) is 3.63. The highest BCUT2D eigenvalue weighted by atomic mass is 35.5.